The summed E-state index contributed by atoms with van der Waals surface area (Å²) in [4.78, 5) is 42.7. The third-order valence-electron chi connectivity index (χ3n) is 5.48. The quantitative estimate of drug-likeness (QED) is 0.258. The Bertz CT molecular complexity index is 1380. The van der Waals surface area contributed by atoms with Gasteiger partial charge in [-0.25, -0.2) is 4.79 Å². The van der Waals surface area contributed by atoms with E-state index in [4.69, 9.17) is 10.5 Å². The Morgan fingerprint density at radius 2 is 1.86 bits per heavy atom. The van der Waals surface area contributed by atoms with Gasteiger partial charge in [0, 0.05) is 35.4 Å². The molecule has 2 aromatic heterocycles. The second-order valence-corrected chi connectivity index (χ2v) is 8.93. The molecule has 0 spiro atoms. The Morgan fingerprint density at radius 1 is 1.05 bits per heavy atom. The molecule has 37 heavy (non-hydrogen) atoms. The van der Waals surface area contributed by atoms with E-state index in [9.17, 15) is 14.4 Å². The molecule has 2 heterocycles. The van der Waals surface area contributed by atoms with Crippen LogP contribution in [0.2, 0.25) is 0 Å². The number of anilines is 2. The number of carbonyl (C=O) groups excluding carboxylic acids is 3. The second kappa shape index (κ2) is 11.8. The van der Waals surface area contributed by atoms with Crippen LogP contribution in [-0.4, -0.2) is 29.9 Å². The Hall–Kier alpha value is -4.70. The minimum atomic E-state index is -1.01. The van der Waals surface area contributed by atoms with Gasteiger partial charge in [-0.3, -0.25) is 14.6 Å². The second-order valence-electron chi connectivity index (χ2n) is 7.98. The van der Waals surface area contributed by atoms with E-state index in [1.807, 2.05) is 29.6 Å². The number of thiophene rings is 1. The zero-order valence-electron chi connectivity index (χ0n) is 19.9. The van der Waals surface area contributed by atoms with Crippen LogP contribution >= 0.6 is 11.3 Å². The molecule has 0 aliphatic carbocycles. The third kappa shape index (κ3) is 6.50. The van der Waals surface area contributed by atoms with Gasteiger partial charge in [-0.05, 0) is 52.9 Å². The number of nitrogens with two attached hydrogens (primary N) is 1. The topological polar surface area (TPSA) is 135 Å². The van der Waals surface area contributed by atoms with Gasteiger partial charge in [-0.1, -0.05) is 30.3 Å². The van der Waals surface area contributed by atoms with Crippen LogP contribution in [0, 0.1) is 0 Å². The standard InChI is InChI=1S/C27H25N5O4S/c1-29-26(34)24(32-27(35)36-16-17-4-2-12-30-15-17)18-6-8-19(9-7-18)25(33)31-22-14-20(10-11-21(22)28)23-5-3-13-37-23/h2-15,24H,16,28H2,1H3,(H,29,34)(H,31,33)(H,32,35). The maximum atomic E-state index is 12.9. The van der Waals surface area contributed by atoms with Gasteiger partial charge in [0.15, 0.2) is 0 Å². The summed E-state index contributed by atoms with van der Waals surface area (Å²) < 4.78 is 5.21. The molecule has 5 N–H and O–H groups in total. The highest BCUT2D eigenvalue weighted by molar-refractivity contribution is 7.13. The summed E-state index contributed by atoms with van der Waals surface area (Å²) in [6.07, 6.45) is 2.44. The number of nitrogens with one attached hydrogen (secondary N) is 3. The summed E-state index contributed by atoms with van der Waals surface area (Å²) in [6.45, 7) is 0.00998. The van der Waals surface area contributed by atoms with Gasteiger partial charge < -0.3 is 26.4 Å². The Morgan fingerprint density at radius 3 is 2.54 bits per heavy atom. The lowest BCUT2D eigenvalue weighted by atomic mass is 10.0. The normalized spacial score (nSPS) is 11.3. The van der Waals surface area contributed by atoms with Gasteiger partial charge in [0.05, 0.1) is 11.4 Å². The van der Waals surface area contributed by atoms with E-state index in [1.54, 1.807) is 66.2 Å². The molecule has 1 unspecified atom stereocenters. The Balaban J connectivity index is 1.43. The van der Waals surface area contributed by atoms with Gasteiger partial charge in [0.25, 0.3) is 5.91 Å². The van der Waals surface area contributed by atoms with Crippen molar-refractivity contribution in [3.63, 3.8) is 0 Å². The number of hydrogen-bond donors (Lipinski definition) is 4. The van der Waals surface area contributed by atoms with E-state index < -0.39 is 18.0 Å². The minimum absolute atomic E-state index is 0.00998. The summed E-state index contributed by atoms with van der Waals surface area (Å²) in [5.74, 6) is -0.796. The zero-order valence-corrected chi connectivity index (χ0v) is 20.7. The van der Waals surface area contributed by atoms with Crippen LogP contribution in [0.4, 0.5) is 16.2 Å². The molecular weight excluding hydrogens is 490 g/mol. The van der Waals surface area contributed by atoms with Crippen molar-refractivity contribution in [2.75, 3.05) is 18.1 Å². The van der Waals surface area contributed by atoms with Gasteiger partial charge in [-0.15, -0.1) is 11.3 Å². The fourth-order valence-electron chi connectivity index (χ4n) is 3.52. The first kappa shape index (κ1) is 25.4. The minimum Gasteiger partial charge on any atom is -0.445 e. The van der Waals surface area contributed by atoms with Crippen molar-refractivity contribution in [1.29, 1.82) is 0 Å². The van der Waals surface area contributed by atoms with E-state index in [2.05, 4.69) is 20.9 Å². The number of rotatable bonds is 8. The number of carbonyl (C=O) groups is 3. The predicted octanol–water partition coefficient (Wildman–Crippen LogP) is 4.36. The molecule has 0 saturated heterocycles. The maximum absolute atomic E-state index is 12.9. The van der Waals surface area contributed by atoms with Gasteiger partial charge >= 0.3 is 6.09 Å². The zero-order chi connectivity index (χ0) is 26.2. The predicted molar refractivity (Wildman–Crippen MR) is 143 cm³/mol. The van der Waals surface area contributed by atoms with E-state index in [-0.39, 0.29) is 12.5 Å². The number of nitrogen functional groups attached to an aromatic ring is 1. The smallest absolute Gasteiger partial charge is 0.408 e. The Kier molecular flexibility index (Phi) is 8.11. The van der Waals surface area contributed by atoms with E-state index >= 15 is 0 Å². The highest BCUT2D eigenvalue weighted by Crippen LogP contribution is 2.30. The molecule has 0 aliphatic rings. The van der Waals surface area contributed by atoms with Crippen LogP contribution in [-0.2, 0) is 16.1 Å². The first-order chi connectivity index (χ1) is 17.9. The van der Waals surface area contributed by atoms with Gasteiger partial charge in [0.2, 0.25) is 5.91 Å². The molecule has 0 aliphatic heterocycles. The van der Waals surface area contributed by atoms with Crippen molar-refractivity contribution >= 4 is 40.6 Å². The van der Waals surface area contributed by atoms with Gasteiger partial charge in [0.1, 0.15) is 12.6 Å². The highest BCUT2D eigenvalue weighted by atomic mass is 32.1. The number of hydrogen-bond acceptors (Lipinski definition) is 7. The van der Waals surface area contributed by atoms with Crippen LogP contribution in [0.3, 0.4) is 0 Å². The van der Waals surface area contributed by atoms with Crippen LogP contribution in [0.1, 0.15) is 27.5 Å². The first-order valence-corrected chi connectivity index (χ1v) is 12.2. The van der Waals surface area contributed by atoms with Crippen LogP contribution < -0.4 is 21.7 Å². The molecule has 9 nitrogen and oxygen atoms in total. The number of benzene rings is 2. The fourth-order valence-corrected chi connectivity index (χ4v) is 4.24. The summed E-state index contributed by atoms with van der Waals surface area (Å²) >= 11 is 1.59. The molecular formula is C27H25N5O4S. The van der Waals surface area contributed by atoms with E-state index in [0.29, 0.717) is 28.1 Å². The van der Waals surface area contributed by atoms with E-state index in [0.717, 1.165) is 10.4 Å². The molecule has 0 bridgehead atoms. The number of nitrogens with zero attached hydrogens (tertiary/aromatic N) is 1. The number of ether oxygens (including phenoxy) is 1. The molecule has 188 valence electrons. The number of aromatic nitrogens is 1. The fraction of sp³-hybridized carbons (Fsp3) is 0.111. The molecule has 0 fully saturated rings. The summed E-state index contributed by atoms with van der Waals surface area (Å²) in [5.41, 5.74) is 9.53. The van der Waals surface area contributed by atoms with Crippen LogP contribution in [0.5, 0.6) is 0 Å². The SMILES string of the molecule is CNC(=O)C(NC(=O)OCc1cccnc1)c1ccc(C(=O)Nc2cc(-c3cccs3)ccc2N)cc1. The summed E-state index contributed by atoms with van der Waals surface area (Å²) in [5, 5.41) is 9.91. The molecule has 2 aromatic carbocycles. The average molecular weight is 516 g/mol. The lowest BCUT2D eigenvalue weighted by Crippen LogP contribution is -2.39. The highest BCUT2D eigenvalue weighted by Gasteiger charge is 2.23. The molecule has 1 atom stereocenters. The first-order valence-electron chi connectivity index (χ1n) is 11.3. The summed E-state index contributed by atoms with van der Waals surface area (Å²) in [7, 11) is 1.47. The molecule has 4 aromatic rings. The molecule has 10 heteroatoms. The molecule has 0 saturated carbocycles. The average Bonchev–Trinajstić information content (AvgIpc) is 3.47. The third-order valence-corrected chi connectivity index (χ3v) is 6.40. The van der Waals surface area contributed by atoms with Crippen molar-refractivity contribution < 1.29 is 19.1 Å². The van der Waals surface area contributed by atoms with Crippen molar-refractivity contribution in [2.24, 2.45) is 0 Å². The monoisotopic (exact) mass is 515 g/mol. The van der Waals surface area contributed by atoms with Crippen molar-refractivity contribution in [2.45, 2.75) is 12.6 Å². The number of likely N-dealkylation sites (N-methyl/N-ethyl adjacent to an activating group) is 1. The number of alkyl carbamates (subject to hydrolysis) is 1. The number of amides is 3. The van der Waals surface area contributed by atoms with Crippen molar-refractivity contribution in [3.8, 4) is 10.4 Å². The van der Waals surface area contributed by atoms with Gasteiger partial charge in [-0.2, -0.15) is 0 Å². The largest absolute Gasteiger partial charge is 0.445 e. The lowest BCUT2D eigenvalue weighted by Gasteiger charge is -2.18. The lowest BCUT2D eigenvalue weighted by molar-refractivity contribution is -0.122. The van der Waals surface area contributed by atoms with Crippen LogP contribution in [0.15, 0.2) is 84.5 Å². The molecule has 0 radical (unpaired) electrons. The summed E-state index contributed by atoms with van der Waals surface area (Å²) in [6, 6.07) is 18.3. The van der Waals surface area contributed by atoms with Crippen molar-refractivity contribution in [3.05, 3.63) is 101 Å². The van der Waals surface area contributed by atoms with Crippen molar-refractivity contribution in [1.82, 2.24) is 15.6 Å². The van der Waals surface area contributed by atoms with E-state index in [1.165, 1.54) is 7.05 Å². The molecule has 3 amide bonds. The molecule has 4 rings (SSSR count). The van der Waals surface area contributed by atoms with Crippen LogP contribution in [0.25, 0.3) is 10.4 Å². The Labute approximate surface area is 217 Å². The maximum Gasteiger partial charge on any atom is 0.408 e. The number of pyridine rings is 1.